The van der Waals surface area contributed by atoms with E-state index in [0.29, 0.717) is 12.0 Å². The van der Waals surface area contributed by atoms with E-state index < -0.39 is 0 Å². The lowest BCUT2D eigenvalue weighted by Gasteiger charge is -2.33. The van der Waals surface area contributed by atoms with E-state index in [-0.39, 0.29) is 11.9 Å². The van der Waals surface area contributed by atoms with Crippen molar-refractivity contribution in [2.75, 3.05) is 13.1 Å². The second-order valence-electron chi connectivity index (χ2n) is 6.29. The van der Waals surface area contributed by atoms with Gasteiger partial charge in [0.25, 0.3) is 0 Å². The average molecular weight is 253 g/mol. The van der Waals surface area contributed by atoms with Crippen molar-refractivity contribution >= 4 is 5.91 Å². The SMILES string of the molecule is CC(C)C[C@H](N)C(=O)NC1CCN(C2CC2)CC1. The third kappa shape index (κ3) is 3.95. The highest BCUT2D eigenvalue weighted by Gasteiger charge is 2.32. The summed E-state index contributed by atoms with van der Waals surface area (Å²) in [5.74, 6) is 0.510. The summed E-state index contributed by atoms with van der Waals surface area (Å²) in [6, 6.07) is 0.849. The molecule has 4 nitrogen and oxygen atoms in total. The van der Waals surface area contributed by atoms with Crippen LogP contribution in [0, 0.1) is 5.92 Å². The van der Waals surface area contributed by atoms with Crippen LogP contribution in [-0.2, 0) is 4.79 Å². The molecule has 1 heterocycles. The van der Waals surface area contributed by atoms with Crippen LogP contribution in [-0.4, -0.2) is 42.0 Å². The van der Waals surface area contributed by atoms with Gasteiger partial charge in [-0.1, -0.05) is 13.8 Å². The molecule has 1 amide bonds. The van der Waals surface area contributed by atoms with Crippen molar-refractivity contribution in [2.24, 2.45) is 11.7 Å². The lowest BCUT2D eigenvalue weighted by atomic mass is 10.0. The van der Waals surface area contributed by atoms with Crippen LogP contribution >= 0.6 is 0 Å². The fraction of sp³-hybridized carbons (Fsp3) is 0.929. The van der Waals surface area contributed by atoms with Crippen LogP contribution in [0.4, 0.5) is 0 Å². The van der Waals surface area contributed by atoms with E-state index in [9.17, 15) is 4.79 Å². The molecular formula is C14H27N3O. The number of piperidine rings is 1. The second kappa shape index (κ2) is 6.02. The van der Waals surface area contributed by atoms with Crippen molar-refractivity contribution in [3.8, 4) is 0 Å². The zero-order valence-corrected chi connectivity index (χ0v) is 11.7. The standard InChI is InChI=1S/C14H27N3O/c1-10(2)9-13(15)14(18)16-11-5-7-17(8-6-11)12-3-4-12/h10-13H,3-9,15H2,1-2H3,(H,16,18)/t13-/m0/s1. The van der Waals surface area contributed by atoms with Crippen LogP contribution in [0.1, 0.15) is 46.0 Å². The van der Waals surface area contributed by atoms with Crippen molar-refractivity contribution in [1.29, 1.82) is 0 Å². The van der Waals surface area contributed by atoms with E-state index in [1.165, 1.54) is 12.8 Å². The molecule has 2 fully saturated rings. The van der Waals surface area contributed by atoms with Crippen molar-refractivity contribution in [1.82, 2.24) is 10.2 Å². The predicted molar refractivity (Wildman–Crippen MR) is 73.2 cm³/mol. The molecule has 0 aromatic rings. The number of carbonyl (C=O) groups excluding carboxylic acids is 1. The number of nitrogens with two attached hydrogens (primary N) is 1. The summed E-state index contributed by atoms with van der Waals surface area (Å²) < 4.78 is 0. The molecule has 3 N–H and O–H groups in total. The Bertz CT molecular complexity index is 281. The Morgan fingerprint density at radius 3 is 2.39 bits per heavy atom. The highest BCUT2D eigenvalue weighted by molar-refractivity contribution is 5.81. The van der Waals surface area contributed by atoms with Gasteiger partial charge in [0, 0.05) is 25.2 Å². The summed E-state index contributed by atoms with van der Waals surface area (Å²) in [6.45, 7) is 6.46. The summed E-state index contributed by atoms with van der Waals surface area (Å²) >= 11 is 0. The molecule has 2 aliphatic rings. The number of nitrogens with zero attached hydrogens (tertiary/aromatic N) is 1. The minimum absolute atomic E-state index is 0.0357. The first kappa shape index (κ1) is 13.8. The van der Waals surface area contributed by atoms with E-state index in [1.807, 2.05) is 0 Å². The molecular weight excluding hydrogens is 226 g/mol. The van der Waals surface area contributed by atoms with Gasteiger partial charge in [0.2, 0.25) is 5.91 Å². The molecule has 2 rings (SSSR count). The Balaban J connectivity index is 1.68. The van der Waals surface area contributed by atoms with Gasteiger partial charge >= 0.3 is 0 Å². The van der Waals surface area contributed by atoms with Crippen LogP contribution in [0.2, 0.25) is 0 Å². The quantitative estimate of drug-likeness (QED) is 0.771. The van der Waals surface area contributed by atoms with Crippen LogP contribution in [0.3, 0.4) is 0 Å². The molecule has 0 unspecified atom stereocenters. The van der Waals surface area contributed by atoms with E-state index in [4.69, 9.17) is 5.73 Å². The molecule has 4 heteroatoms. The zero-order valence-electron chi connectivity index (χ0n) is 11.7. The predicted octanol–water partition coefficient (Wildman–Crippen LogP) is 1.10. The molecule has 1 atom stereocenters. The maximum absolute atomic E-state index is 11.9. The Hall–Kier alpha value is -0.610. The first-order valence-corrected chi connectivity index (χ1v) is 7.36. The Morgan fingerprint density at radius 1 is 1.28 bits per heavy atom. The van der Waals surface area contributed by atoms with E-state index in [0.717, 1.165) is 38.4 Å². The van der Waals surface area contributed by atoms with Gasteiger partial charge in [-0.2, -0.15) is 0 Å². The Labute approximate surface area is 110 Å². The van der Waals surface area contributed by atoms with Crippen LogP contribution in [0.15, 0.2) is 0 Å². The Morgan fingerprint density at radius 2 is 1.89 bits per heavy atom. The number of amides is 1. The highest BCUT2D eigenvalue weighted by atomic mass is 16.2. The molecule has 1 aliphatic heterocycles. The number of rotatable bonds is 5. The number of hydrogen-bond acceptors (Lipinski definition) is 3. The van der Waals surface area contributed by atoms with Gasteiger partial charge < -0.3 is 16.0 Å². The van der Waals surface area contributed by atoms with E-state index in [1.54, 1.807) is 0 Å². The topological polar surface area (TPSA) is 58.4 Å². The highest BCUT2D eigenvalue weighted by Crippen LogP contribution is 2.29. The van der Waals surface area contributed by atoms with Gasteiger partial charge in [0.05, 0.1) is 6.04 Å². The molecule has 1 saturated carbocycles. The van der Waals surface area contributed by atoms with Crippen molar-refractivity contribution < 1.29 is 4.79 Å². The van der Waals surface area contributed by atoms with Gasteiger partial charge in [-0.25, -0.2) is 0 Å². The summed E-state index contributed by atoms with van der Waals surface area (Å²) in [4.78, 5) is 14.5. The minimum Gasteiger partial charge on any atom is -0.352 e. The van der Waals surface area contributed by atoms with Crippen molar-refractivity contribution in [2.45, 2.75) is 64.1 Å². The number of likely N-dealkylation sites (tertiary alicyclic amines) is 1. The molecule has 1 saturated heterocycles. The number of carbonyl (C=O) groups is 1. The molecule has 0 aromatic heterocycles. The summed E-state index contributed by atoms with van der Waals surface area (Å²) in [7, 11) is 0. The molecule has 0 radical (unpaired) electrons. The lowest BCUT2D eigenvalue weighted by molar-refractivity contribution is -0.123. The molecule has 104 valence electrons. The lowest BCUT2D eigenvalue weighted by Crippen LogP contribution is -2.50. The van der Waals surface area contributed by atoms with Crippen molar-refractivity contribution in [3.63, 3.8) is 0 Å². The largest absolute Gasteiger partial charge is 0.352 e. The molecule has 1 aliphatic carbocycles. The maximum atomic E-state index is 11.9. The summed E-state index contributed by atoms with van der Waals surface area (Å²) in [6.07, 6.45) is 5.67. The van der Waals surface area contributed by atoms with Gasteiger partial charge in [-0.05, 0) is 38.0 Å². The van der Waals surface area contributed by atoms with Gasteiger partial charge in [0.15, 0.2) is 0 Å². The fourth-order valence-electron chi connectivity index (χ4n) is 2.77. The second-order valence-corrected chi connectivity index (χ2v) is 6.29. The first-order chi connectivity index (χ1) is 8.56. The van der Waals surface area contributed by atoms with Crippen LogP contribution in [0.25, 0.3) is 0 Å². The number of hydrogen-bond donors (Lipinski definition) is 2. The molecule has 0 bridgehead atoms. The van der Waals surface area contributed by atoms with E-state index in [2.05, 4.69) is 24.1 Å². The molecule has 0 aromatic carbocycles. The summed E-state index contributed by atoms with van der Waals surface area (Å²) in [5, 5.41) is 3.11. The monoisotopic (exact) mass is 253 g/mol. The van der Waals surface area contributed by atoms with Gasteiger partial charge in [-0.3, -0.25) is 4.79 Å². The van der Waals surface area contributed by atoms with Crippen LogP contribution < -0.4 is 11.1 Å². The normalized spacial score (nSPS) is 24.2. The first-order valence-electron chi connectivity index (χ1n) is 7.36. The molecule has 18 heavy (non-hydrogen) atoms. The van der Waals surface area contributed by atoms with Crippen molar-refractivity contribution in [3.05, 3.63) is 0 Å². The maximum Gasteiger partial charge on any atom is 0.237 e. The molecule has 0 spiro atoms. The summed E-state index contributed by atoms with van der Waals surface area (Å²) in [5.41, 5.74) is 5.90. The smallest absolute Gasteiger partial charge is 0.237 e. The van der Waals surface area contributed by atoms with Gasteiger partial charge in [-0.15, -0.1) is 0 Å². The zero-order chi connectivity index (χ0) is 13.1. The van der Waals surface area contributed by atoms with Gasteiger partial charge in [0.1, 0.15) is 0 Å². The average Bonchev–Trinajstić information content (AvgIpc) is 3.13. The Kier molecular flexibility index (Phi) is 4.62. The third-order valence-corrected chi connectivity index (χ3v) is 4.00. The third-order valence-electron chi connectivity index (χ3n) is 4.00. The minimum atomic E-state index is -0.341. The fourth-order valence-corrected chi connectivity index (χ4v) is 2.77. The van der Waals surface area contributed by atoms with E-state index >= 15 is 0 Å². The number of nitrogens with one attached hydrogen (secondary N) is 1. The van der Waals surface area contributed by atoms with Crippen LogP contribution in [0.5, 0.6) is 0 Å².